The number of ether oxygens (including phenoxy) is 1. The molecule has 16 heavy (non-hydrogen) atoms. The Bertz CT molecular complexity index is 407. The van der Waals surface area contributed by atoms with Gasteiger partial charge in [0.25, 0.3) is 0 Å². The molecular formula is C10H8F3NO2. The van der Waals surface area contributed by atoms with Gasteiger partial charge in [-0.3, -0.25) is 4.79 Å². The Labute approximate surface area is 89.5 Å². The first-order valence-corrected chi connectivity index (χ1v) is 4.20. The predicted molar refractivity (Wildman–Crippen MR) is 51.9 cm³/mol. The van der Waals surface area contributed by atoms with Crippen molar-refractivity contribution >= 4 is 11.6 Å². The fraction of sp³-hybridized carbons (Fsp3) is 0.100. The number of alkyl halides is 2. The Morgan fingerprint density at radius 3 is 2.69 bits per heavy atom. The number of hydrogen-bond donors (Lipinski definition) is 1. The second-order valence-electron chi connectivity index (χ2n) is 2.72. The summed E-state index contributed by atoms with van der Waals surface area (Å²) < 4.78 is 40.6. The van der Waals surface area contributed by atoms with Crippen LogP contribution in [0, 0.1) is 5.82 Å². The maximum atomic E-state index is 13.1. The summed E-state index contributed by atoms with van der Waals surface area (Å²) >= 11 is 0. The molecule has 0 aliphatic heterocycles. The molecule has 0 bridgehead atoms. The third-order valence-corrected chi connectivity index (χ3v) is 1.60. The molecule has 1 rings (SSSR count). The van der Waals surface area contributed by atoms with Crippen LogP contribution in [-0.2, 0) is 4.79 Å². The first-order chi connectivity index (χ1) is 7.52. The molecule has 3 nitrogen and oxygen atoms in total. The Hall–Kier alpha value is -1.98. The van der Waals surface area contributed by atoms with Crippen LogP contribution in [0.25, 0.3) is 0 Å². The van der Waals surface area contributed by atoms with Gasteiger partial charge in [-0.25, -0.2) is 4.39 Å². The Balaban J connectivity index is 2.82. The van der Waals surface area contributed by atoms with Gasteiger partial charge >= 0.3 is 6.61 Å². The normalized spacial score (nSPS) is 10.0. The van der Waals surface area contributed by atoms with Gasteiger partial charge in [0, 0.05) is 11.8 Å². The van der Waals surface area contributed by atoms with Crippen LogP contribution in [0.4, 0.5) is 18.9 Å². The van der Waals surface area contributed by atoms with Crippen LogP contribution < -0.4 is 10.1 Å². The van der Waals surface area contributed by atoms with Crippen LogP contribution in [0.2, 0.25) is 0 Å². The average Bonchev–Trinajstić information content (AvgIpc) is 2.21. The number of carbonyl (C=O) groups excluding carboxylic acids is 1. The van der Waals surface area contributed by atoms with E-state index in [0.717, 1.165) is 18.2 Å². The van der Waals surface area contributed by atoms with Crippen LogP contribution in [0.1, 0.15) is 0 Å². The molecule has 0 saturated carbocycles. The summed E-state index contributed by atoms with van der Waals surface area (Å²) in [7, 11) is 0. The lowest BCUT2D eigenvalue weighted by Gasteiger charge is -2.07. The standard InChI is InChI=1S/C10H8F3NO2/c1-2-9(15)14-6-3-4-8(7(11)5-6)16-10(12)13/h2-5,10H,1H2,(H,14,15). The second kappa shape index (κ2) is 5.20. The van der Waals surface area contributed by atoms with Gasteiger partial charge in [-0.05, 0) is 18.2 Å². The van der Waals surface area contributed by atoms with E-state index in [2.05, 4.69) is 16.6 Å². The molecule has 0 unspecified atom stereocenters. The second-order valence-corrected chi connectivity index (χ2v) is 2.72. The minimum Gasteiger partial charge on any atom is -0.432 e. The maximum absolute atomic E-state index is 13.1. The number of nitrogens with one attached hydrogen (secondary N) is 1. The fourth-order valence-corrected chi connectivity index (χ4v) is 0.963. The maximum Gasteiger partial charge on any atom is 0.387 e. The SMILES string of the molecule is C=CC(=O)Nc1ccc(OC(F)F)c(F)c1. The molecule has 1 N–H and O–H groups in total. The third-order valence-electron chi connectivity index (χ3n) is 1.60. The number of anilines is 1. The molecule has 0 aliphatic carbocycles. The van der Waals surface area contributed by atoms with Gasteiger partial charge in [-0.2, -0.15) is 8.78 Å². The highest BCUT2D eigenvalue weighted by molar-refractivity contribution is 5.98. The molecule has 0 spiro atoms. The monoisotopic (exact) mass is 231 g/mol. The van der Waals surface area contributed by atoms with E-state index in [9.17, 15) is 18.0 Å². The molecule has 0 atom stereocenters. The molecule has 0 radical (unpaired) electrons. The molecule has 0 fully saturated rings. The van der Waals surface area contributed by atoms with Crippen molar-refractivity contribution in [3.63, 3.8) is 0 Å². The highest BCUT2D eigenvalue weighted by Crippen LogP contribution is 2.22. The molecular weight excluding hydrogens is 223 g/mol. The summed E-state index contributed by atoms with van der Waals surface area (Å²) in [4.78, 5) is 10.9. The van der Waals surface area contributed by atoms with Crippen LogP contribution >= 0.6 is 0 Å². The summed E-state index contributed by atoms with van der Waals surface area (Å²) in [5.41, 5.74) is 0.129. The third kappa shape index (κ3) is 3.30. The summed E-state index contributed by atoms with van der Waals surface area (Å²) in [6.45, 7) is 0.112. The molecule has 1 aromatic rings. The van der Waals surface area contributed by atoms with Gasteiger partial charge in [0.05, 0.1) is 0 Å². The first-order valence-electron chi connectivity index (χ1n) is 4.20. The van der Waals surface area contributed by atoms with E-state index in [-0.39, 0.29) is 5.69 Å². The summed E-state index contributed by atoms with van der Waals surface area (Å²) in [5.74, 6) is -2.09. The minimum atomic E-state index is -3.09. The molecule has 0 heterocycles. The van der Waals surface area contributed by atoms with E-state index >= 15 is 0 Å². The van der Waals surface area contributed by atoms with Crippen LogP contribution in [0.3, 0.4) is 0 Å². The van der Waals surface area contributed by atoms with Crippen molar-refractivity contribution in [2.75, 3.05) is 5.32 Å². The lowest BCUT2D eigenvalue weighted by Crippen LogP contribution is -2.08. The van der Waals surface area contributed by atoms with E-state index in [0.29, 0.717) is 0 Å². The molecule has 0 aromatic heterocycles. The number of rotatable bonds is 4. The lowest BCUT2D eigenvalue weighted by molar-refractivity contribution is -0.111. The number of carbonyl (C=O) groups is 1. The Morgan fingerprint density at radius 2 is 2.19 bits per heavy atom. The van der Waals surface area contributed by atoms with E-state index in [1.165, 1.54) is 6.07 Å². The van der Waals surface area contributed by atoms with Gasteiger partial charge < -0.3 is 10.1 Å². The minimum absolute atomic E-state index is 0.129. The molecule has 6 heteroatoms. The first kappa shape index (κ1) is 12.1. The number of hydrogen-bond acceptors (Lipinski definition) is 2. The smallest absolute Gasteiger partial charge is 0.387 e. The van der Waals surface area contributed by atoms with E-state index < -0.39 is 24.1 Å². The predicted octanol–water partition coefficient (Wildman–Crippen LogP) is 2.55. The molecule has 0 saturated heterocycles. The quantitative estimate of drug-likeness (QED) is 0.808. The van der Waals surface area contributed by atoms with Crippen LogP contribution in [0.15, 0.2) is 30.9 Å². The van der Waals surface area contributed by atoms with E-state index in [1.807, 2.05) is 0 Å². The summed E-state index contributed by atoms with van der Waals surface area (Å²) in [6, 6.07) is 3.11. The average molecular weight is 231 g/mol. The van der Waals surface area contributed by atoms with Crippen molar-refractivity contribution in [2.24, 2.45) is 0 Å². The van der Waals surface area contributed by atoms with Crippen molar-refractivity contribution in [3.8, 4) is 5.75 Å². The highest BCUT2D eigenvalue weighted by Gasteiger charge is 2.10. The zero-order valence-electron chi connectivity index (χ0n) is 8.04. The molecule has 86 valence electrons. The van der Waals surface area contributed by atoms with Crippen molar-refractivity contribution in [1.29, 1.82) is 0 Å². The van der Waals surface area contributed by atoms with Gasteiger partial charge in [0.1, 0.15) is 0 Å². The van der Waals surface area contributed by atoms with Gasteiger partial charge in [0.2, 0.25) is 5.91 Å². The largest absolute Gasteiger partial charge is 0.432 e. The molecule has 1 amide bonds. The Morgan fingerprint density at radius 1 is 1.50 bits per heavy atom. The van der Waals surface area contributed by atoms with Crippen molar-refractivity contribution in [1.82, 2.24) is 0 Å². The number of amides is 1. The van der Waals surface area contributed by atoms with Crippen molar-refractivity contribution < 1.29 is 22.7 Å². The van der Waals surface area contributed by atoms with Gasteiger partial charge in [-0.1, -0.05) is 6.58 Å². The highest BCUT2D eigenvalue weighted by atomic mass is 19.3. The summed E-state index contributed by atoms with van der Waals surface area (Å²) in [6.07, 6.45) is 1.00. The van der Waals surface area contributed by atoms with E-state index in [1.54, 1.807) is 0 Å². The number of halogens is 3. The molecule has 0 aliphatic rings. The summed E-state index contributed by atoms with van der Waals surface area (Å²) in [5, 5.41) is 2.27. The zero-order valence-corrected chi connectivity index (χ0v) is 8.04. The fourth-order valence-electron chi connectivity index (χ4n) is 0.963. The topological polar surface area (TPSA) is 38.3 Å². The van der Waals surface area contributed by atoms with Gasteiger partial charge in [0.15, 0.2) is 11.6 Å². The van der Waals surface area contributed by atoms with Crippen molar-refractivity contribution in [3.05, 3.63) is 36.7 Å². The molecule has 1 aromatic carbocycles. The number of benzene rings is 1. The van der Waals surface area contributed by atoms with Gasteiger partial charge in [-0.15, -0.1) is 0 Å². The zero-order chi connectivity index (χ0) is 12.1. The van der Waals surface area contributed by atoms with E-state index in [4.69, 9.17) is 0 Å². The van der Waals surface area contributed by atoms with Crippen molar-refractivity contribution in [2.45, 2.75) is 6.61 Å². The Kier molecular flexibility index (Phi) is 3.93. The van der Waals surface area contributed by atoms with Crippen LogP contribution in [0.5, 0.6) is 5.75 Å². The van der Waals surface area contributed by atoms with Crippen LogP contribution in [-0.4, -0.2) is 12.5 Å². The lowest BCUT2D eigenvalue weighted by atomic mass is 10.3.